The zero-order valence-corrected chi connectivity index (χ0v) is 11.6. The van der Waals surface area contributed by atoms with Crippen LogP contribution in [0.3, 0.4) is 0 Å². The molecule has 0 heterocycles. The fourth-order valence-electron chi connectivity index (χ4n) is 1.18. The molecule has 1 rings (SSSR count). The van der Waals surface area contributed by atoms with Crippen LogP contribution in [0.5, 0.6) is 5.75 Å². The van der Waals surface area contributed by atoms with Crippen LogP contribution in [0.4, 0.5) is 0 Å². The van der Waals surface area contributed by atoms with Gasteiger partial charge in [0.2, 0.25) is 0 Å². The number of carbonyl (C=O) groups is 2. The van der Waals surface area contributed by atoms with E-state index in [-0.39, 0.29) is 12.2 Å². The summed E-state index contributed by atoms with van der Waals surface area (Å²) in [6.45, 7) is 1.76. The van der Waals surface area contributed by atoms with E-state index < -0.39 is 11.8 Å². The van der Waals surface area contributed by atoms with Crippen molar-refractivity contribution in [1.29, 1.82) is 0 Å². The lowest BCUT2D eigenvalue weighted by Crippen LogP contribution is -2.18. The van der Waals surface area contributed by atoms with Crippen molar-refractivity contribution in [2.45, 2.75) is 6.92 Å². The summed E-state index contributed by atoms with van der Waals surface area (Å²) in [4.78, 5) is 23.1. The van der Waals surface area contributed by atoms with Gasteiger partial charge in [-0.15, -0.1) is 0 Å². The van der Waals surface area contributed by atoms with Gasteiger partial charge in [-0.1, -0.05) is 11.6 Å². The van der Waals surface area contributed by atoms with Crippen molar-refractivity contribution >= 4 is 39.3 Å². The molecule has 0 N–H and O–H groups in total. The van der Waals surface area contributed by atoms with E-state index in [0.29, 0.717) is 15.2 Å². The Morgan fingerprint density at radius 2 is 2.06 bits per heavy atom. The first-order chi connectivity index (χ1) is 8.01. The average molecular weight is 322 g/mol. The molecule has 0 aliphatic heterocycles. The van der Waals surface area contributed by atoms with Crippen LogP contribution >= 0.6 is 27.5 Å². The van der Waals surface area contributed by atoms with Crippen molar-refractivity contribution in [3.05, 3.63) is 27.2 Å². The lowest BCUT2D eigenvalue weighted by atomic mass is 10.1. The number of ketones is 1. The van der Waals surface area contributed by atoms with Crippen LogP contribution in [0, 0.1) is 0 Å². The molecule has 17 heavy (non-hydrogen) atoms. The Labute approximate surface area is 112 Å². The third-order valence-electron chi connectivity index (χ3n) is 1.93. The van der Waals surface area contributed by atoms with Gasteiger partial charge >= 0.3 is 5.97 Å². The summed E-state index contributed by atoms with van der Waals surface area (Å²) in [7, 11) is 1.44. The molecule has 0 fully saturated rings. The number of methoxy groups -OCH3 is 1. The Balaban J connectivity index is 3.17. The second-order valence-electron chi connectivity index (χ2n) is 3.02. The predicted molar refractivity (Wildman–Crippen MR) is 66.7 cm³/mol. The summed E-state index contributed by atoms with van der Waals surface area (Å²) in [6, 6.07) is 2.92. The van der Waals surface area contributed by atoms with Crippen LogP contribution in [0.25, 0.3) is 0 Å². The first-order valence-corrected chi connectivity index (χ1v) is 5.92. The maximum Gasteiger partial charge on any atom is 0.379 e. The summed E-state index contributed by atoms with van der Waals surface area (Å²) >= 11 is 9.00. The number of hydrogen-bond acceptors (Lipinski definition) is 4. The molecule has 0 saturated carbocycles. The maximum absolute atomic E-state index is 11.8. The molecule has 4 nitrogen and oxygen atoms in total. The van der Waals surface area contributed by atoms with Crippen LogP contribution < -0.4 is 4.74 Å². The van der Waals surface area contributed by atoms with Crippen molar-refractivity contribution in [2.24, 2.45) is 0 Å². The molecular weight excluding hydrogens is 311 g/mol. The highest BCUT2D eigenvalue weighted by Crippen LogP contribution is 2.32. The lowest BCUT2D eigenvalue weighted by Gasteiger charge is -2.08. The number of halogens is 2. The van der Waals surface area contributed by atoms with Crippen molar-refractivity contribution in [3.63, 3.8) is 0 Å². The van der Waals surface area contributed by atoms with Gasteiger partial charge in [-0.25, -0.2) is 4.79 Å². The highest BCUT2D eigenvalue weighted by Gasteiger charge is 2.22. The molecule has 0 atom stereocenters. The number of ether oxygens (including phenoxy) is 2. The fourth-order valence-corrected chi connectivity index (χ4v) is 1.96. The van der Waals surface area contributed by atoms with Gasteiger partial charge in [0, 0.05) is 10.6 Å². The largest absolute Gasteiger partial charge is 0.495 e. The fraction of sp³-hybridized carbons (Fsp3) is 0.273. The number of hydrogen-bond donors (Lipinski definition) is 0. The second kappa shape index (κ2) is 6.02. The standard InChI is InChI=1S/C11H10BrClO4/c1-3-17-11(15)10(14)7-4-6(13)5-8(16-2)9(7)12/h4-5H,3H2,1-2H3. The summed E-state index contributed by atoms with van der Waals surface area (Å²) in [5.41, 5.74) is 0.118. The first-order valence-electron chi connectivity index (χ1n) is 4.75. The normalized spacial score (nSPS) is 9.88. The van der Waals surface area contributed by atoms with E-state index >= 15 is 0 Å². The number of Topliss-reactive ketones (excluding diaryl/α,β-unsaturated/α-hetero) is 1. The van der Waals surface area contributed by atoms with Gasteiger partial charge in [0.25, 0.3) is 5.78 Å². The van der Waals surface area contributed by atoms with Gasteiger partial charge in [-0.3, -0.25) is 4.79 Å². The minimum absolute atomic E-state index is 0.118. The summed E-state index contributed by atoms with van der Waals surface area (Å²) < 4.78 is 10.0. The average Bonchev–Trinajstić information content (AvgIpc) is 2.31. The molecule has 0 unspecified atom stereocenters. The molecule has 0 radical (unpaired) electrons. The zero-order chi connectivity index (χ0) is 13.0. The van der Waals surface area contributed by atoms with Gasteiger partial charge in [-0.05, 0) is 35.0 Å². The SMILES string of the molecule is CCOC(=O)C(=O)c1cc(Cl)cc(OC)c1Br. The quantitative estimate of drug-likeness (QED) is 0.486. The lowest BCUT2D eigenvalue weighted by molar-refractivity contribution is -0.137. The molecule has 0 aliphatic rings. The summed E-state index contributed by atoms with van der Waals surface area (Å²) in [5, 5.41) is 0.303. The molecule has 0 bridgehead atoms. The molecule has 0 aromatic heterocycles. The van der Waals surface area contributed by atoms with E-state index in [0.717, 1.165) is 0 Å². The molecule has 1 aromatic rings. The highest BCUT2D eigenvalue weighted by atomic mass is 79.9. The van der Waals surface area contributed by atoms with Gasteiger partial charge in [0.1, 0.15) is 5.75 Å². The molecule has 92 valence electrons. The van der Waals surface area contributed by atoms with E-state index in [1.807, 2.05) is 0 Å². The van der Waals surface area contributed by atoms with E-state index in [4.69, 9.17) is 16.3 Å². The number of carbonyl (C=O) groups excluding carboxylic acids is 2. The molecule has 1 aromatic carbocycles. The Morgan fingerprint density at radius 3 is 2.59 bits per heavy atom. The monoisotopic (exact) mass is 320 g/mol. The minimum Gasteiger partial charge on any atom is -0.495 e. The first kappa shape index (κ1) is 14.0. The molecular formula is C11H10BrClO4. The van der Waals surface area contributed by atoms with E-state index in [2.05, 4.69) is 20.7 Å². The smallest absolute Gasteiger partial charge is 0.379 e. The number of esters is 1. The Kier molecular flexibility index (Phi) is 4.96. The summed E-state index contributed by atoms with van der Waals surface area (Å²) in [6.07, 6.45) is 0. The second-order valence-corrected chi connectivity index (χ2v) is 4.25. The third-order valence-corrected chi connectivity index (χ3v) is 2.97. The number of rotatable bonds is 4. The predicted octanol–water partition coefficient (Wildman–Crippen LogP) is 2.86. The number of benzene rings is 1. The van der Waals surface area contributed by atoms with Crippen molar-refractivity contribution in [3.8, 4) is 5.75 Å². The third kappa shape index (κ3) is 3.20. The van der Waals surface area contributed by atoms with Crippen LogP contribution in [0.2, 0.25) is 5.02 Å². The van der Waals surface area contributed by atoms with Crippen molar-refractivity contribution < 1.29 is 19.1 Å². The van der Waals surface area contributed by atoms with E-state index in [1.165, 1.54) is 19.2 Å². The molecule has 0 amide bonds. The van der Waals surface area contributed by atoms with Crippen LogP contribution in [-0.4, -0.2) is 25.5 Å². The van der Waals surface area contributed by atoms with Gasteiger partial charge in [0.15, 0.2) is 0 Å². The minimum atomic E-state index is -0.919. The Morgan fingerprint density at radius 1 is 1.41 bits per heavy atom. The molecule has 0 spiro atoms. The Bertz CT molecular complexity index is 459. The van der Waals surface area contributed by atoms with Gasteiger partial charge in [0.05, 0.1) is 18.2 Å². The maximum atomic E-state index is 11.8. The van der Waals surface area contributed by atoms with Crippen LogP contribution in [0.1, 0.15) is 17.3 Å². The Hall–Kier alpha value is -1.07. The highest BCUT2D eigenvalue weighted by molar-refractivity contribution is 9.10. The van der Waals surface area contributed by atoms with E-state index in [1.54, 1.807) is 6.92 Å². The van der Waals surface area contributed by atoms with Crippen LogP contribution in [-0.2, 0) is 9.53 Å². The van der Waals surface area contributed by atoms with Gasteiger partial charge in [-0.2, -0.15) is 0 Å². The van der Waals surface area contributed by atoms with Crippen molar-refractivity contribution in [1.82, 2.24) is 0 Å². The molecule has 0 saturated heterocycles. The van der Waals surface area contributed by atoms with Gasteiger partial charge < -0.3 is 9.47 Å². The topological polar surface area (TPSA) is 52.6 Å². The van der Waals surface area contributed by atoms with E-state index in [9.17, 15) is 9.59 Å². The molecule has 0 aliphatic carbocycles. The van der Waals surface area contributed by atoms with Crippen molar-refractivity contribution in [2.75, 3.05) is 13.7 Å². The molecule has 6 heteroatoms. The van der Waals surface area contributed by atoms with Crippen LogP contribution in [0.15, 0.2) is 16.6 Å². The zero-order valence-electron chi connectivity index (χ0n) is 9.25. The summed E-state index contributed by atoms with van der Waals surface area (Å²) in [5.74, 6) is -1.30.